The number of hydrogen-bond donors (Lipinski definition) is 1. The zero-order chi connectivity index (χ0) is 18.2. The SMILES string of the molecule is CC(=O)SCCC(=O)N1C(CCc2ccccc2)CCCC1C(=O)O. The van der Waals surface area contributed by atoms with E-state index < -0.39 is 12.0 Å². The summed E-state index contributed by atoms with van der Waals surface area (Å²) in [6, 6.07) is 9.23. The molecule has 1 aromatic carbocycles. The van der Waals surface area contributed by atoms with Crippen molar-refractivity contribution in [2.75, 3.05) is 5.75 Å². The van der Waals surface area contributed by atoms with Crippen molar-refractivity contribution in [1.82, 2.24) is 4.90 Å². The van der Waals surface area contributed by atoms with Crippen molar-refractivity contribution in [2.45, 2.75) is 57.5 Å². The van der Waals surface area contributed by atoms with Gasteiger partial charge in [-0.15, -0.1) is 0 Å². The van der Waals surface area contributed by atoms with Gasteiger partial charge in [-0.25, -0.2) is 4.79 Å². The van der Waals surface area contributed by atoms with Crippen LogP contribution in [0.4, 0.5) is 0 Å². The quantitative estimate of drug-likeness (QED) is 0.806. The fourth-order valence-electron chi connectivity index (χ4n) is 3.37. The molecule has 1 heterocycles. The van der Waals surface area contributed by atoms with E-state index in [2.05, 4.69) is 0 Å². The molecule has 2 atom stereocenters. The molecule has 0 bridgehead atoms. The molecule has 1 amide bonds. The van der Waals surface area contributed by atoms with Crippen LogP contribution in [0.2, 0.25) is 0 Å². The van der Waals surface area contributed by atoms with E-state index in [0.717, 1.165) is 37.4 Å². The van der Waals surface area contributed by atoms with E-state index in [9.17, 15) is 19.5 Å². The Morgan fingerprint density at radius 1 is 1.20 bits per heavy atom. The largest absolute Gasteiger partial charge is 0.480 e. The van der Waals surface area contributed by atoms with Crippen LogP contribution in [0.15, 0.2) is 30.3 Å². The predicted molar refractivity (Wildman–Crippen MR) is 98.4 cm³/mol. The molecule has 1 aromatic rings. The molecular formula is C19H25NO4S. The number of carboxylic acid groups (broad SMARTS) is 1. The lowest BCUT2D eigenvalue weighted by Gasteiger charge is -2.40. The molecule has 1 aliphatic rings. The highest BCUT2D eigenvalue weighted by atomic mass is 32.2. The summed E-state index contributed by atoms with van der Waals surface area (Å²) in [5.74, 6) is -0.682. The van der Waals surface area contributed by atoms with E-state index in [1.807, 2.05) is 30.3 Å². The molecule has 136 valence electrons. The van der Waals surface area contributed by atoms with Crippen molar-refractivity contribution in [3.8, 4) is 0 Å². The molecule has 2 unspecified atom stereocenters. The fourth-order valence-corrected chi connectivity index (χ4v) is 3.94. The number of likely N-dealkylation sites (tertiary alicyclic amines) is 1. The Labute approximate surface area is 152 Å². The lowest BCUT2D eigenvalue weighted by Crippen LogP contribution is -2.53. The number of carbonyl (C=O) groups excluding carboxylic acids is 2. The number of hydrogen-bond acceptors (Lipinski definition) is 4. The third-order valence-corrected chi connectivity index (χ3v) is 5.36. The van der Waals surface area contributed by atoms with Gasteiger partial charge in [0.2, 0.25) is 5.91 Å². The van der Waals surface area contributed by atoms with Gasteiger partial charge in [0.15, 0.2) is 5.12 Å². The molecule has 5 nitrogen and oxygen atoms in total. The molecule has 6 heteroatoms. The van der Waals surface area contributed by atoms with Gasteiger partial charge < -0.3 is 10.0 Å². The number of aliphatic carboxylic acids is 1. The van der Waals surface area contributed by atoms with Crippen molar-refractivity contribution in [2.24, 2.45) is 0 Å². The first-order chi connectivity index (χ1) is 12.0. The molecule has 1 saturated heterocycles. The van der Waals surface area contributed by atoms with E-state index in [1.165, 1.54) is 12.5 Å². The second kappa shape index (κ2) is 9.61. The first kappa shape index (κ1) is 19.5. The molecule has 0 aromatic heterocycles. The minimum absolute atomic E-state index is 0.0261. The van der Waals surface area contributed by atoms with Crippen LogP contribution in [0, 0.1) is 0 Å². The lowest BCUT2D eigenvalue weighted by atomic mass is 9.91. The van der Waals surface area contributed by atoms with E-state index in [4.69, 9.17) is 0 Å². The van der Waals surface area contributed by atoms with Gasteiger partial charge in [0, 0.05) is 25.1 Å². The standard InChI is InChI=1S/C19H25NO4S/c1-14(21)25-13-12-18(22)20-16(8-5-9-17(20)19(23)24)11-10-15-6-3-2-4-7-15/h2-4,6-7,16-17H,5,8-13H2,1H3,(H,23,24). The fraction of sp³-hybridized carbons (Fsp3) is 0.526. The van der Waals surface area contributed by atoms with Gasteiger partial charge in [0.1, 0.15) is 6.04 Å². The van der Waals surface area contributed by atoms with Gasteiger partial charge in [0.05, 0.1) is 0 Å². The zero-order valence-corrected chi connectivity index (χ0v) is 15.3. The van der Waals surface area contributed by atoms with Gasteiger partial charge in [-0.05, 0) is 37.7 Å². The molecular weight excluding hydrogens is 338 g/mol. The van der Waals surface area contributed by atoms with Gasteiger partial charge in [0.25, 0.3) is 0 Å². The van der Waals surface area contributed by atoms with Gasteiger partial charge in [-0.1, -0.05) is 42.1 Å². The van der Waals surface area contributed by atoms with Crippen LogP contribution in [-0.4, -0.2) is 44.8 Å². The Hall–Kier alpha value is -1.82. The summed E-state index contributed by atoms with van der Waals surface area (Å²) in [6.07, 6.45) is 3.95. The van der Waals surface area contributed by atoms with Crippen molar-refractivity contribution < 1.29 is 19.5 Å². The summed E-state index contributed by atoms with van der Waals surface area (Å²) in [7, 11) is 0. The van der Waals surface area contributed by atoms with Crippen molar-refractivity contribution in [3.63, 3.8) is 0 Å². The van der Waals surface area contributed by atoms with Gasteiger partial charge in [-0.3, -0.25) is 9.59 Å². The number of rotatable bonds is 7. The Morgan fingerprint density at radius 2 is 1.92 bits per heavy atom. The first-order valence-electron chi connectivity index (χ1n) is 8.70. The maximum absolute atomic E-state index is 12.7. The number of nitrogens with zero attached hydrogens (tertiary/aromatic N) is 1. The smallest absolute Gasteiger partial charge is 0.326 e. The number of carbonyl (C=O) groups is 3. The van der Waals surface area contributed by atoms with Crippen LogP contribution in [0.5, 0.6) is 0 Å². The Balaban J connectivity index is 2.04. The van der Waals surface area contributed by atoms with Crippen molar-refractivity contribution >= 4 is 28.8 Å². The van der Waals surface area contributed by atoms with E-state index in [-0.39, 0.29) is 23.5 Å². The van der Waals surface area contributed by atoms with Gasteiger partial charge in [-0.2, -0.15) is 0 Å². The number of benzene rings is 1. The zero-order valence-electron chi connectivity index (χ0n) is 14.5. The van der Waals surface area contributed by atoms with Crippen LogP contribution in [0.25, 0.3) is 0 Å². The van der Waals surface area contributed by atoms with E-state index in [0.29, 0.717) is 12.2 Å². The number of piperidine rings is 1. The Kier molecular flexibility index (Phi) is 7.50. The minimum Gasteiger partial charge on any atom is -0.480 e. The molecule has 0 saturated carbocycles. The average molecular weight is 363 g/mol. The molecule has 1 aliphatic heterocycles. The third-order valence-electron chi connectivity index (χ3n) is 4.55. The number of thioether (sulfide) groups is 1. The Bertz CT molecular complexity index is 605. The summed E-state index contributed by atoms with van der Waals surface area (Å²) in [6.45, 7) is 1.47. The lowest BCUT2D eigenvalue weighted by molar-refractivity contribution is -0.155. The molecule has 0 aliphatic carbocycles. The highest BCUT2D eigenvalue weighted by Crippen LogP contribution is 2.27. The van der Waals surface area contributed by atoms with E-state index >= 15 is 0 Å². The van der Waals surface area contributed by atoms with Gasteiger partial charge >= 0.3 is 5.97 Å². The van der Waals surface area contributed by atoms with Crippen LogP contribution in [0.3, 0.4) is 0 Å². The number of carboxylic acids is 1. The summed E-state index contributed by atoms with van der Waals surface area (Å²) in [5.41, 5.74) is 1.19. The molecule has 2 rings (SSSR count). The molecule has 1 fully saturated rings. The molecule has 0 spiro atoms. The van der Waals surface area contributed by atoms with Crippen LogP contribution < -0.4 is 0 Å². The third kappa shape index (κ3) is 5.88. The topological polar surface area (TPSA) is 74.7 Å². The maximum Gasteiger partial charge on any atom is 0.326 e. The normalized spacial score (nSPS) is 20.3. The number of aryl methyl sites for hydroxylation is 1. The number of amides is 1. The van der Waals surface area contributed by atoms with Crippen LogP contribution in [-0.2, 0) is 20.8 Å². The summed E-state index contributed by atoms with van der Waals surface area (Å²) < 4.78 is 0. The highest BCUT2D eigenvalue weighted by Gasteiger charge is 2.37. The Morgan fingerprint density at radius 3 is 2.56 bits per heavy atom. The van der Waals surface area contributed by atoms with Crippen molar-refractivity contribution in [3.05, 3.63) is 35.9 Å². The molecule has 0 radical (unpaired) electrons. The summed E-state index contributed by atoms with van der Waals surface area (Å²) in [4.78, 5) is 36.9. The monoisotopic (exact) mass is 363 g/mol. The second-order valence-corrected chi connectivity index (χ2v) is 7.63. The highest BCUT2D eigenvalue weighted by molar-refractivity contribution is 8.13. The second-order valence-electron chi connectivity index (χ2n) is 6.35. The van der Waals surface area contributed by atoms with Crippen molar-refractivity contribution in [1.29, 1.82) is 0 Å². The average Bonchev–Trinajstić information content (AvgIpc) is 2.60. The van der Waals surface area contributed by atoms with Crippen LogP contribution >= 0.6 is 11.8 Å². The van der Waals surface area contributed by atoms with E-state index in [1.54, 1.807) is 4.90 Å². The maximum atomic E-state index is 12.7. The first-order valence-corrected chi connectivity index (χ1v) is 9.69. The summed E-state index contributed by atoms with van der Waals surface area (Å²) in [5, 5.41) is 9.49. The van der Waals surface area contributed by atoms with Crippen LogP contribution in [0.1, 0.15) is 44.6 Å². The summed E-state index contributed by atoms with van der Waals surface area (Å²) >= 11 is 1.11. The predicted octanol–water partition coefficient (Wildman–Crippen LogP) is 3.12. The molecule has 1 N–H and O–H groups in total. The minimum atomic E-state index is -0.933. The molecule has 25 heavy (non-hydrogen) atoms.